The van der Waals surface area contributed by atoms with E-state index in [1.54, 1.807) is 28.8 Å². The lowest BCUT2D eigenvalue weighted by Crippen LogP contribution is -2.26. The Morgan fingerprint density at radius 1 is 1.00 bits per heavy atom. The molecule has 1 atom stereocenters. The molecule has 180 valence electrons. The van der Waals surface area contributed by atoms with Crippen LogP contribution in [0.1, 0.15) is 16.1 Å². The van der Waals surface area contributed by atoms with Gasteiger partial charge in [-0.3, -0.25) is 9.36 Å². The molecule has 1 unspecified atom stereocenters. The number of nitrogens with one attached hydrogen (secondary N) is 1. The van der Waals surface area contributed by atoms with Crippen molar-refractivity contribution in [3.63, 3.8) is 0 Å². The predicted octanol–water partition coefficient (Wildman–Crippen LogP) is 4.96. The molecule has 0 saturated carbocycles. The number of rotatable bonds is 8. The summed E-state index contributed by atoms with van der Waals surface area (Å²) in [6.07, 6.45) is 1.52. The van der Waals surface area contributed by atoms with Crippen molar-refractivity contribution in [1.82, 2.24) is 14.9 Å². The molecule has 0 radical (unpaired) electrons. The maximum Gasteiger partial charge on any atom is 0.271 e. The van der Waals surface area contributed by atoms with Gasteiger partial charge in [0.05, 0.1) is 33.7 Å². The Morgan fingerprint density at radius 3 is 2.37 bits per heavy atom. The van der Waals surface area contributed by atoms with Crippen molar-refractivity contribution < 1.29 is 18.7 Å². The first-order valence-corrected chi connectivity index (χ1v) is 12.6. The number of aliphatic hydroxyl groups is 1. The first kappa shape index (κ1) is 25.1. The summed E-state index contributed by atoms with van der Waals surface area (Å²) in [5.41, 5.74) is 3.43. The van der Waals surface area contributed by atoms with Crippen molar-refractivity contribution >= 4 is 40.2 Å². The highest BCUT2D eigenvalue weighted by Gasteiger charge is 2.22. The van der Waals surface area contributed by atoms with E-state index in [0.29, 0.717) is 32.7 Å². The number of aliphatic hydroxyl groups excluding tert-OH is 1. The number of aromatic nitrogens is 2. The summed E-state index contributed by atoms with van der Waals surface area (Å²) in [6.45, 7) is -0.155. The highest BCUT2D eigenvalue weighted by Crippen LogP contribution is 2.36. The number of carbonyl (C=O) groups is 1. The van der Waals surface area contributed by atoms with Crippen LogP contribution in [0.25, 0.3) is 28.2 Å². The number of benzene rings is 3. The van der Waals surface area contributed by atoms with Crippen LogP contribution in [0.4, 0.5) is 0 Å². The number of halogens is 2. The molecule has 1 amide bonds. The average molecular weight is 530 g/mol. The van der Waals surface area contributed by atoms with Crippen molar-refractivity contribution in [1.29, 1.82) is 0 Å². The molecule has 3 aromatic carbocycles. The van der Waals surface area contributed by atoms with Crippen molar-refractivity contribution in [3.05, 3.63) is 94.2 Å². The second-order valence-electron chi connectivity index (χ2n) is 7.57. The summed E-state index contributed by atoms with van der Waals surface area (Å²) in [5.74, 6) is -0.335. The van der Waals surface area contributed by atoms with E-state index < -0.39 is 17.0 Å². The van der Waals surface area contributed by atoms with Gasteiger partial charge >= 0.3 is 0 Å². The molecule has 0 aliphatic rings. The summed E-state index contributed by atoms with van der Waals surface area (Å²) in [7, 11) is 0. The van der Waals surface area contributed by atoms with Gasteiger partial charge in [-0.1, -0.05) is 65.7 Å². The van der Waals surface area contributed by atoms with Crippen LogP contribution in [0.5, 0.6) is 0 Å². The lowest BCUT2D eigenvalue weighted by atomic mass is 10.0. The molecular weight excluding hydrogens is 509 g/mol. The highest BCUT2D eigenvalue weighted by molar-refractivity contribution is 7.78. The lowest BCUT2D eigenvalue weighted by Gasteiger charge is -2.15. The van der Waals surface area contributed by atoms with E-state index in [4.69, 9.17) is 28.3 Å². The van der Waals surface area contributed by atoms with Gasteiger partial charge in [-0.15, -0.1) is 0 Å². The van der Waals surface area contributed by atoms with E-state index in [0.717, 1.165) is 11.1 Å². The van der Waals surface area contributed by atoms with Gasteiger partial charge in [0.2, 0.25) is 0 Å². The van der Waals surface area contributed by atoms with Crippen LogP contribution in [-0.4, -0.2) is 42.5 Å². The number of carbonyl (C=O) groups excluding carboxylic acids is 1. The predicted molar refractivity (Wildman–Crippen MR) is 138 cm³/mol. The van der Waals surface area contributed by atoms with Crippen LogP contribution in [0.3, 0.4) is 0 Å². The Bertz CT molecular complexity index is 1370. The van der Waals surface area contributed by atoms with Crippen LogP contribution in [0, 0.1) is 0 Å². The van der Waals surface area contributed by atoms with Crippen molar-refractivity contribution in [2.24, 2.45) is 0 Å². The molecule has 35 heavy (non-hydrogen) atoms. The molecule has 4 rings (SSSR count). The largest absolute Gasteiger partial charge is 0.395 e. The normalized spacial score (nSPS) is 11.9. The van der Waals surface area contributed by atoms with E-state index in [-0.39, 0.29) is 24.6 Å². The number of imidazole rings is 1. The van der Waals surface area contributed by atoms with Gasteiger partial charge in [-0.2, -0.15) is 0 Å². The average Bonchev–Trinajstić information content (AvgIpc) is 3.27. The van der Waals surface area contributed by atoms with Gasteiger partial charge in [0.25, 0.3) is 5.91 Å². The minimum atomic E-state index is -2.12. The lowest BCUT2D eigenvalue weighted by molar-refractivity contribution is 0.0940. The van der Waals surface area contributed by atoms with Gasteiger partial charge in [0.15, 0.2) is 11.1 Å². The summed E-state index contributed by atoms with van der Waals surface area (Å²) >= 11 is 10.8. The molecule has 4 aromatic rings. The van der Waals surface area contributed by atoms with E-state index in [9.17, 15) is 13.6 Å². The van der Waals surface area contributed by atoms with Gasteiger partial charge < -0.3 is 15.0 Å². The summed E-state index contributed by atoms with van der Waals surface area (Å²) in [4.78, 5) is 17.1. The number of hydrogen-bond acceptors (Lipinski definition) is 4. The standard InChI is InChI=1S/C25H21Cl2N3O4S/c26-19-7-4-8-20(27)23(19)24-29-21(25(32)28-11-12-31)14-30(24)22-10-9-17(13-18(22)15-35(33)34)16-5-2-1-3-6-16/h1-10,13-14,31H,11-12,15H2,(H,28,32)(H,33,34). The molecule has 1 heterocycles. The Labute approximate surface area is 214 Å². The third-order valence-electron chi connectivity index (χ3n) is 5.25. The van der Waals surface area contributed by atoms with Crippen LogP contribution in [0.15, 0.2) is 72.9 Å². The zero-order chi connectivity index (χ0) is 24.9. The molecule has 1 aromatic heterocycles. The molecule has 0 bridgehead atoms. The maximum absolute atomic E-state index is 12.7. The van der Waals surface area contributed by atoms with Crippen molar-refractivity contribution in [2.45, 2.75) is 5.75 Å². The SMILES string of the molecule is O=C(NCCO)c1cn(-c2ccc(-c3ccccc3)cc2CS(=O)O)c(-c2c(Cl)cccc2Cl)n1. The Morgan fingerprint density at radius 2 is 1.71 bits per heavy atom. The number of amides is 1. The second kappa shape index (κ2) is 11.2. The highest BCUT2D eigenvalue weighted by atomic mass is 35.5. The third kappa shape index (κ3) is 5.63. The molecule has 7 nitrogen and oxygen atoms in total. The summed E-state index contributed by atoms with van der Waals surface area (Å²) < 4.78 is 23.2. The first-order chi connectivity index (χ1) is 16.9. The molecule has 3 N–H and O–H groups in total. The Kier molecular flexibility index (Phi) is 8.00. The van der Waals surface area contributed by atoms with Crippen molar-refractivity contribution in [2.75, 3.05) is 13.2 Å². The topological polar surface area (TPSA) is 104 Å². The van der Waals surface area contributed by atoms with Crippen LogP contribution in [0.2, 0.25) is 10.0 Å². The van der Waals surface area contributed by atoms with Crippen LogP contribution in [-0.2, 0) is 16.8 Å². The Balaban J connectivity index is 1.93. The Hall–Kier alpha value is -3.01. The molecular formula is C25H21Cl2N3O4S. The summed E-state index contributed by atoms with van der Waals surface area (Å²) in [5, 5.41) is 12.3. The molecule has 0 saturated heterocycles. The van der Waals surface area contributed by atoms with Crippen LogP contribution >= 0.6 is 23.2 Å². The monoisotopic (exact) mass is 529 g/mol. The van der Waals surface area contributed by atoms with E-state index >= 15 is 0 Å². The summed E-state index contributed by atoms with van der Waals surface area (Å²) in [6, 6.07) is 20.2. The fourth-order valence-corrected chi connectivity index (χ4v) is 4.76. The quantitative estimate of drug-likeness (QED) is 0.280. The van der Waals surface area contributed by atoms with Crippen LogP contribution < -0.4 is 5.32 Å². The zero-order valence-electron chi connectivity index (χ0n) is 18.3. The smallest absolute Gasteiger partial charge is 0.271 e. The fourth-order valence-electron chi connectivity index (χ4n) is 3.70. The number of nitrogens with zero attached hydrogens (tertiary/aromatic N) is 2. The second-order valence-corrected chi connectivity index (χ2v) is 9.32. The molecule has 0 aliphatic heterocycles. The molecule has 0 aliphatic carbocycles. The third-order valence-corrected chi connectivity index (χ3v) is 6.44. The van der Waals surface area contributed by atoms with Gasteiger partial charge in [-0.25, -0.2) is 9.19 Å². The minimum Gasteiger partial charge on any atom is -0.395 e. The minimum absolute atomic E-state index is 0.0639. The van der Waals surface area contributed by atoms with E-state index in [1.807, 2.05) is 42.5 Å². The zero-order valence-corrected chi connectivity index (χ0v) is 20.6. The van der Waals surface area contributed by atoms with Gasteiger partial charge in [0, 0.05) is 12.7 Å². The molecule has 10 heteroatoms. The molecule has 0 fully saturated rings. The first-order valence-electron chi connectivity index (χ1n) is 10.6. The maximum atomic E-state index is 12.7. The van der Waals surface area contributed by atoms with Crippen molar-refractivity contribution in [3.8, 4) is 28.2 Å². The van der Waals surface area contributed by atoms with Gasteiger partial charge in [0.1, 0.15) is 11.5 Å². The van der Waals surface area contributed by atoms with E-state index in [2.05, 4.69) is 10.3 Å². The number of hydrogen-bond donors (Lipinski definition) is 3. The fraction of sp³-hybridized carbons (Fsp3) is 0.120. The van der Waals surface area contributed by atoms with Gasteiger partial charge in [-0.05, 0) is 41.0 Å². The molecule has 0 spiro atoms. The van der Waals surface area contributed by atoms with E-state index in [1.165, 1.54) is 6.20 Å².